The molecule has 1 heterocycles. The summed E-state index contributed by atoms with van der Waals surface area (Å²) >= 11 is 0. The zero-order valence-corrected chi connectivity index (χ0v) is 23.3. The number of hydrogen-bond donors (Lipinski definition) is 2. The Balaban J connectivity index is 2.31. The van der Waals surface area contributed by atoms with E-state index >= 15 is 0 Å². The van der Waals surface area contributed by atoms with Crippen molar-refractivity contribution in [2.75, 3.05) is 6.61 Å². The van der Waals surface area contributed by atoms with Gasteiger partial charge in [-0.3, -0.25) is 9.59 Å². The van der Waals surface area contributed by atoms with E-state index in [1.54, 1.807) is 19.1 Å². The molecular formula is C30H47NO6. The van der Waals surface area contributed by atoms with Gasteiger partial charge >= 0.3 is 11.9 Å². The molecule has 0 aromatic heterocycles. The lowest BCUT2D eigenvalue weighted by molar-refractivity contribution is -0.161. The van der Waals surface area contributed by atoms with Gasteiger partial charge in [0.1, 0.15) is 6.10 Å². The van der Waals surface area contributed by atoms with Crippen LogP contribution in [0.1, 0.15) is 86.0 Å². The molecule has 0 aromatic carbocycles. The zero-order valence-electron chi connectivity index (χ0n) is 23.3. The first-order chi connectivity index (χ1) is 17.6. The summed E-state index contributed by atoms with van der Waals surface area (Å²) in [4.78, 5) is 25.5. The van der Waals surface area contributed by atoms with E-state index in [0.717, 1.165) is 32.1 Å². The van der Waals surface area contributed by atoms with Crippen molar-refractivity contribution in [3.63, 3.8) is 0 Å². The van der Waals surface area contributed by atoms with Gasteiger partial charge in [-0.05, 0) is 68.8 Å². The van der Waals surface area contributed by atoms with E-state index in [1.807, 2.05) is 19.9 Å². The predicted molar refractivity (Wildman–Crippen MR) is 142 cm³/mol. The van der Waals surface area contributed by atoms with Crippen molar-refractivity contribution in [3.8, 4) is 6.07 Å². The maximum atomic E-state index is 12.9. The Kier molecular flexibility index (Phi) is 12.8. The third kappa shape index (κ3) is 9.57. The number of hydrogen-bond acceptors (Lipinski definition) is 7. The van der Waals surface area contributed by atoms with Crippen LogP contribution in [-0.2, 0) is 19.1 Å². The molecule has 7 heteroatoms. The lowest BCUT2D eigenvalue weighted by Gasteiger charge is -2.29. The minimum Gasteiger partial charge on any atom is -0.466 e. The van der Waals surface area contributed by atoms with Crippen LogP contribution in [0.25, 0.3) is 0 Å². The van der Waals surface area contributed by atoms with Gasteiger partial charge in [0.05, 0.1) is 42.8 Å². The molecule has 0 spiro atoms. The topological polar surface area (TPSA) is 117 Å². The van der Waals surface area contributed by atoms with Crippen LogP contribution in [-0.4, -0.2) is 47.1 Å². The number of nitrogens with zero attached hydrogens (tertiary/aromatic N) is 1. The number of allylic oxidation sites excluding steroid dienone is 2. The number of ether oxygens (including phenoxy) is 2. The molecule has 0 saturated heterocycles. The molecule has 1 saturated carbocycles. The molecule has 1 aliphatic carbocycles. The van der Waals surface area contributed by atoms with Gasteiger partial charge in [0.25, 0.3) is 0 Å². The number of cyclic esters (lactones) is 1. The van der Waals surface area contributed by atoms with Gasteiger partial charge in [-0.25, -0.2) is 0 Å². The highest BCUT2D eigenvalue weighted by Crippen LogP contribution is 2.38. The molecule has 2 rings (SSSR count). The quantitative estimate of drug-likeness (QED) is 0.499. The van der Waals surface area contributed by atoms with Crippen molar-refractivity contribution in [2.45, 2.75) is 104 Å². The van der Waals surface area contributed by atoms with Crippen LogP contribution in [0, 0.1) is 46.8 Å². The lowest BCUT2D eigenvalue weighted by atomic mass is 9.82. The largest absolute Gasteiger partial charge is 0.466 e. The average Bonchev–Trinajstić information content (AvgIpc) is 3.32. The minimum absolute atomic E-state index is 0.0677. The van der Waals surface area contributed by atoms with Crippen molar-refractivity contribution in [1.82, 2.24) is 0 Å². The highest BCUT2D eigenvalue weighted by Gasteiger charge is 2.40. The monoisotopic (exact) mass is 517 g/mol. The Morgan fingerprint density at radius 2 is 1.78 bits per heavy atom. The van der Waals surface area contributed by atoms with E-state index in [1.165, 1.54) is 0 Å². The van der Waals surface area contributed by atoms with Crippen LogP contribution in [0.5, 0.6) is 0 Å². The van der Waals surface area contributed by atoms with E-state index in [0.29, 0.717) is 36.9 Å². The Morgan fingerprint density at radius 1 is 1.11 bits per heavy atom. The average molecular weight is 518 g/mol. The summed E-state index contributed by atoms with van der Waals surface area (Å²) in [6.07, 6.45) is 8.05. The van der Waals surface area contributed by atoms with Gasteiger partial charge in [-0.1, -0.05) is 46.3 Å². The molecule has 0 unspecified atom stereocenters. The number of esters is 2. The van der Waals surface area contributed by atoms with Crippen LogP contribution in [0.4, 0.5) is 0 Å². The molecule has 208 valence electrons. The van der Waals surface area contributed by atoms with Gasteiger partial charge in [0, 0.05) is 12.3 Å². The summed E-state index contributed by atoms with van der Waals surface area (Å²) in [7, 11) is 0. The Labute approximate surface area is 222 Å². The first-order valence-electron chi connectivity index (χ1n) is 14.1. The molecule has 1 aliphatic heterocycles. The fraction of sp³-hybridized carbons (Fsp3) is 0.767. The lowest BCUT2D eigenvalue weighted by Crippen LogP contribution is -2.34. The van der Waals surface area contributed by atoms with Crippen molar-refractivity contribution < 1.29 is 29.3 Å². The molecule has 0 amide bonds. The van der Waals surface area contributed by atoms with Gasteiger partial charge in [-0.2, -0.15) is 5.26 Å². The molecule has 2 aliphatic rings. The molecule has 9 atom stereocenters. The number of aliphatic hydroxyl groups excluding tert-OH is 2. The van der Waals surface area contributed by atoms with E-state index < -0.39 is 24.3 Å². The number of rotatable bonds is 3. The predicted octanol–water partition coefficient (Wildman–Crippen LogP) is 5.11. The smallest absolute Gasteiger partial charge is 0.309 e. The summed E-state index contributed by atoms with van der Waals surface area (Å²) in [6, 6.07) is 2.13. The number of nitriles is 1. The van der Waals surface area contributed by atoms with Crippen molar-refractivity contribution in [2.24, 2.45) is 35.5 Å². The van der Waals surface area contributed by atoms with Gasteiger partial charge in [0.15, 0.2) is 0 Å². The van der Waals surface area contributed by atoms with Crippen LogP contribution < -0.4 is 0 Å². The second kappa shape index (κ2) is 15.3. The molecule has 0 bridgehead atoms. The number of carbonyl (C=O) groups is 2. The van der Waals surface area contributed by atoms with Crippen molar-refractivity contribution in [1.29, 1.82) is 5.26 Å². The molecule has 1 fully saturated rings. The first kappa shape index (κ1) is 31.1. The fourth-order valence-electron chi connectivity index (χ4n) is 6.20. The highest BCUT2D eigenvalue weighted by atomic mass is 16.5. The second-order valence-corrected chi connectivity index (χ2v) is 11.5. The van der Waals surface area contributed by atoms with Gasteiger partial charge < -0.3 is 19.7 Å². The summed E-state index contributed by atoms with van der Waals surface area (Å²) in [5.74, 6) is -0.671. The van der Waals surface area contributed by atoms with Crippen LogP contribution in [0.2, 0.25) is 0 Å². The minimum atomic E-state index is -0.858. The second-order valence-electron chi connectivity index (χ2n) is 11.5. The molecule has 7 nitrogen and oxygen atoms in total. The van der Waals surface area contributed by atoms with Crippen molar-refractivity contribution in [3.05, 3.63) is 23.8 Å². The third-order valence-electron chi connectivity index (χ3n) is 8.07. The van der Waals surface area contributed by atoms with E-state index in [4.69, 9.17) is 9.47 Å². The summed E-state index contributed by atoms with van der Waals surface area (Å²) < 4.78 is 11.2. The molecular weight excluding hydrogens is 470 g/mol. The Bertz CT molecular complexity index is 845. The summed E-state index contributed by atoms with van der Waals surface area (Å²) in [6.45, 7) is 10.3. The maximum absolute atomic E-state index is 12.9. The summed E-state index contributed by atoms with van der Waals surface area (Å²) in [5, 5.41) is 31.2. The Hall–Kier alpha value is -2.17. The van der Waals surface area contributed by atoms with Gasteiger partial charge in [-0.15, -0.1) is 0 Å². The van der Waals surface area contributed by atoms with Crippen LogP contribution in [0.15, 0.2) is 23.8 Å². The molecule has 0 radical (unpaired) electrons. The maximum Gasteiger partial charge on any atom is 0.309 e. The first-order valence-corrected chi connectivity index (χ1v) is 14.1. The van der Waals surface area contributed by atoms with E-state index in [2.05, 4.69) is 19.9 Å². The fourth-order valence-corrected chi connectivity index (χ4v) is 6.20. The molecule has 37 heavy (non-hydrogen) atoms. The molecule has 0 aromatic rings. The van der Waals surface area contributed by atoms with Crippen LogP contribution in [0.3, 0.4) is 0 Å². The van der Waals surface area contributed by atoms with Gasteiger partial charge in [0.2, 0.25) is 0 Å². The normalized spacial score (nSPS) is 39.2. The highest BCUT2D eigenvalue weighted by molar-refractivity contribution is 5.73. The standard InChI is InChI=1S/C30H47NO6/c1-6-36-30(35)25-12-9-11-24(25)27-13-8-7-10-23(18-31)29(34)22(5)16-20(3)14-19(2)15-21(4)26(32)17-28(33)37-27/h7-8,10,19-22,24-27,29,32,34H,6,9,11-17H2,1-5H3/b8-7+,23-10-/t19-,20+,21-,22-,24+,25+,26-,27-,29+/m0/s1. The zero-order chi connectivity index (χ0) is 27.5. The van der Waals surface area contributed by atoms with Crippen molar-refractivity contribution >= 4 is 11.9 Å². The SMILES string of the molecule is CCOC(=O)[C@@H]1CCC[C@H]1[C@@H]1C/C=C/C=C(/C#N)[C@H](O)[C@@H](C)C[C@H](C)C[C@H](C)C[C@H](C)[C@@H](O)CC(=O)O1. The third-order valence-corrected chi connectivity index (χ3v) is 8.07. The number of aliphatic hydroxyl groups is 2. The van der Waals surface area contributed by atoms with E-state index in [9.17, 15) is 25.1 Å². The van der Waals surface area contributed by atoms with E-state index in [-0.39, 0.29) is 36.1 Å². The molecule has 2 N–H and O–H groups in total. The Morgan fingerprint density at radius 3 is 2.43 bits per heavy atom. The number of carbonyl (C=O) groups excluding carboxylic acids is 2. The van der Waals surface area contributed by atoms with Crippen LogP contribution >= 0.6 is 0 Å². The summed E-state index contributed by atoms with van der Waals surface area (Å²) in [5.41, 5.74) is 0.306.